The molecule has 0 saturated carbocycles. The molecule has 0 bridgehead atoms. The molecule has 1 atom stereocenters. The van der Waals surface area contributed by atoms with E-state index in [2.05, 4.69) is 57.9 Å². The largest absolute Gasteiger partial charge is 0.506 e. The number of nitrogens with zero attached hydrogens (tertiary/aromatic N) is 1. The average Bonchev–Trinajstić information content (AvgIpc) is 3.40. The monoisotopic (exact) mass is 592 g/mol. The number of furan rings is 1. The summed E-state index contributed by atoms with van der Waals surface area (Å²) in [6.45, 7) is 7.19. The molecule has 0 saturated heterocycles. The van der Waals surface area contributed by atoms with Gasteiger partial charge in [-0.15, -0.1) is 11.3 Å². The number of nitrogens with one attached hydrogen (secondary N) is 1. The number of phenolic OH excluding ortho intramolecular Hbond substituents is 1. The predicted molar refractivity (Wildman–Crippen MR) is 140 cm³/mol. The maximum absolute atomic E-state index is 13.3. The Morgan fingerprint density at radius 1 is 1.33 bits per heavy atom. The fraction of sp³-hybridized carbons (Fsp3) is 0.360. The molecule has 0 unspecified atom stereocenters. The van der Waals surface area contributed by atoms with Gasteiger partial charge in [0.2, 0.25) is 0 Å². The number of halogens is 2. The van der Waals surface area contributed by atoms with E-state index in [0.717, 1.165) is 30.4 Å². The van der Waals surface area contributed by atoms with Crippen molar-refractivity contribution in [1.82, 2.24) is 5.32 Å². The molecule has 2 N–H and O–H groups in total. The van der Waals surface area contributed by atoms with Gasteiger partial charge in [-0.05, 0) is 97.8 Å². The Kier molecular flexibility index (Phi) is 7.17. The second-order valence-corrected chi connectivity index (χ2v) is 12.1. The zero-order chi connectivity index (χ0) is 23.8. The molecular formula is C25H26Br2N2O3S. The van der Waals surface area contributed by atoms with E-state index in [9.17, 15) is 9.90 Å². The van der Waals surface area contributed by atoms with Crippen molar-refractivity contribution in [3.63, 3.8) is 0 Å². The molecule has 33 heavy (non-hydrogen) atoms. The number of fused-ring (bicyclic) bond motifs is 1. The highest BCUT2D eigenvalue weighted by molar-refractivity contribution is 9.11. The van der Waals surface area contributed by atoms with Gasteiger partial charge in [-0.25, -0.2) is 4.99 Å². The molecular weight excluding hydrogens is 568 g/mol. The number of aliphatic imine (C=N–C) groups is 1. The quantitative estimate of drug-likeness (QED) is 0.303. The molecule has 1 aliphatic rings. The second kappa shape index (κ2) is 9.76. The van der Waals surface area contributed by atoms with Gasteiger partial charge in [-0.3, -0.25) is 4.79 Å². The standard InChI is InChI=1S/C25H26Br2N2O3S/c1-25(2,3)15-6-7-17-20(11-15)33-24(21(17)23(31)28-13-16-5-4-8-32-16)29-12-14-9-18(26)22(30)19(27)10-14/h4-5,8-10,12,15,30H,6-7,11,13H2,1-3H3,(H,28,31)/t15-/m0/s1. The Labute approximate surface area is 214 Å². The van der Waals surface area contributed by atoms with Crippen LogP contribution in [-0.4, -0.2) is 17.2 Å². The summed E-state index contributed by atoms with van der Waals surface area (Å²) < 4.78 is 6.52. The summed E-state index contributed by atoms with van der Waals surface area (Å²) in [6.07, 6.45) is 6.24. The molecule has 1 aliphatic carbocycles. The summed E-state index contributed by atoms with van der Waals surface area (Å²) in [5.41, 5.74) is 2.82. The second-order valence-electron chi connectivity index (χ2n) is 9.34. The summed E-state index contributed by atoms with van der Waals surface area (Å²) in [6, 6.07) is 7.24. The van der Waals surface area contributed by atoms with Crippen LogP contribution in [0, 0.1) is 11.3 Å². The van der Waals surface area contributed by atoms with Crippen molar-refractivity contribution in [2.75, 3.05) is 0 Å². The summed E-state index contributed by atoms with van der Waals surface area (Å²) in [7, 11) is 0. The van der Waals surface area contributed by atoms with Gasteiger partial charge in [-0.1, -0.05) is 20.8 Å². The van der Waals surface area contributed by atoms with E-state index in [1.807, 2.05) is 12.1 Å². The lowest BCUT2D eigenvalue weighted by molar-refractivity contribution is 0.0947. The third kappa shape index (κ3) is 5.44. The van der Waals surface area contributed by atoms with E-state index in [1.54, 1.807) is 35.9 Å². The van der Waals surface area contributed by atoms with Crippen molar-refractivity contribution >= 4 is 60.3 Å². The summed E-state index contributed by atoms with van der Waals surface area (Å²) in [5.74, 6) is 1.30. The van der Waals surface area contributed by atoms with Crippen molar-refractivity contribution in [2.45, 2.75) is 46.6 Å². The Hall–Kier alpha value is -1.90. The summed E-state index contributed by atoms with van der Waals surface area (Å²) >= 11 is 8.33. The molecule has 1 amide bonds. The third-order valence-corrected chi connectivity index (χ3v) is 8.44. The number of hydrogen-bond donors (Lipinski definition) is 2. The van der Waals surface area contributed by atoms with Gasteiger partial charge in [0.15, 0.2) is 0 Å². The van der Waals surface area contributed by atoms with Crippen LogP contribution in [0.4, 0.5) is 5.00 Å². The zero-order valence-corrected chi connectivity index (χ0v) is 22.7. The minimum absolute atomic E-state index is 0.127. The van der Waals surface area contributed by atoms with Crippen LogP contribution in [0.1, 0.15) is 59.3 Å². The van der Waals surface area contributed by atoms with Crippen LogP contribution in [-0.2, 0) is 19.4 Å². The fourth-order valence-electron chi connectivity index (χ4n) is 4.10. The Bertz CT molecular complexity index is 1170. The van der Waals surface area contributed by atoms with Gasteiger partial charge >= 0.3 is 0 Å². The maximum Gasteiger partial charge on any atom is 0.255 e. The highest BCUT2D eigenvalue weighted by atomic mass is 79.9. The van der Waals surface area contributed by atoms with Crippen molar-refractivity contribution in [1.29, 1.82) is 0 Å². The number of amides is 1. The lowest BCUT2D eigenvalue weighted by Gasteiger charge is -2.33. The first kappa shape index (κ1) is 24.2. The van der Waals surface area contributed by atoms with E-state index in [4.69, 9.17) is 9.41 Å². The predicted octanol–water partition coefficient (Wildman–Crippen LogP) is 7.40. The van der Waals surface area contributed by atoms with E-state index in [0.29, 0.717) is 37.7 Å². The normalized spacial score (nSPS) is 16.2. The SMILES string of the molecule is CC(C)(C)[C@H]1CCc2c(sc(N=Cc3cc(Br)c(O)c(Br)c3)c2C(=O)NCc2ccco2)C1. The molecule has 0 radical (unpaired) electrons. The van der Waals surface area contributed by atoms with Crippen molar-refractivity contribution in [3.8, 4) is 5.75 Å². The van der Waals surface area contributed by atoms with Crippen molar-refractivity contribution in [2.24, 2.45) is 16.3 Å². The number of carbonyl (C=O) groups is 1. The van der Waals surface area contributed by atoms with Gasteiger partial charge in [-0.2, -0.15) is 0 Å². The highest BCUT2D eigenvalue weighted by Crippen LogP contribution is 2.45. The van der Waals surface area contributed by atoms with Crippen LogP contribution in [0.3, 0.4) is 0 Å². The molecule has 0 fully saturated rings. The lowest BCUT2D eigenvalue weighted by Crippen LogP contribution is -2.28. The van der Waals surface area contributed by atoms with Gasteiger partial charge < -0.3 is 14.8 Å². The van der Waals surface area contributed by atoms with Gasteiger partial charge in [0.1, 0.15) is 16.5 Å². The molecule has 3 aromatic rings. The number of rotatable bonds is 5. The van der Waals surface area contributed by atoms with Crippen molar-refractivity contribution in [3.05, 3.63) is 66.8 Å². The first-order valence-corrected chi connectivity index (χ1v) is 13.2. The lowest BCUT2D eigenvalue weighted by atomic mass is 9.72. The molecule has 0 spiro atoms. The first-order valence-electron chi connectivity index (χ1n) is 10.8. The first-order chi connectivity index (χ1) is 15.6. The molecule has 0 aliphatic heterocycles. The van der Waals surface area contributed by atoms with E-state index in [1.165, 1.54) is 4.88 Å². The number of phenols is 1. The molecule has 2 heterocycles. The minimum Gasteiger partial charge on any atom is -0.506 e. The zero-order valence-electron chi connectivity index (χ0n) is 18.7. The summed E-state index contributed by atoms with van der Waals surface area (Å²) in [5, 5.41) is 13.7. The van der Waals surface area contributed by atoms with Crippen LogP contribution >= 0.6 is 43.2 Å². The minimum atomic E-state index is -0.127. The molecule has 8 heteroatoms. The number of aromatic hydroxyl groups is 1. The summed E-state index contributed by atoms with van der Waals surface area (Å²) in [4.78, 5) is 19.3. The van der Waals surface area contributed by atoms with Crippen LogP contribution < -0.4 is 5.32 Å². The third-order valence-electron chi connectivity index (χ3n) is 6.07. The van der Waals surface area contributed by atoms with Gasteiger partial charge in [0.25, 0.3) is 5.91 Å². The molecule has 2 aromatic heterocycles. The number of carbonyl (C=O) groups excluding carboxylic acids is 1. The van der Waals surface area contributed by atoms with E-state index in [-0.39, 0.29) is 17.1 Å². The Balaban J connectivity index is 1.67. The van der Waals surface area contributed by atoms with Crippen molar-refractivity contribution < 1.29 is 14.3 Å². The van der Waals surface area contributed by atoms with E-state index < -0.39 is 0 Å². The Morgan fingerprint density at radius 2 is 2.06 bits per heavy atom. The topological polar surface area (TPSA) is 74.8 Å². The molecule has 5 nitrogen and oxygen atoms in total. The number of thiophene rings is 1. The number of hydrogen-bond acceptors (Lipinski definition) is 5. The van der Waals surface area contributed by atoms with Gasteiger partial charge in [0.05, 0.1) is 27.3 Å². The van der Waals surface area contributed by atoms with Crippen LogP contribution in [0.15, 0.2) is 48.9 Å². The highest BCUT2D eigenvalue weighted by Gasteiger charge is 2.33. The molecule has 1 aromatic carbocycles. The smallest absolute Gasteiger partial charge is 0.255 e. The van der Waals surface area contributed by atoms with Gasteiger partial charge in [0, 0.05) is 11.1 Å². The average molecular weight is 594 g/mol. The van der Waals surface area contributed by atoms with Crippen LogP contribution in [0.5, 0.6) is 5.75 Å². The molecule has 4 rings (SSSR count). The van der Waals surface area contributed by atoms with E-state index >= 15 is 0 Å². The molecule has 174 valence electrons. The number of benzene rings is 1. The van der Waals surface area contributed by atoms with Crippen LogP contribution in [0.2, 0.25) is 0 Å². The maximum atomic E-state index is 13.3. The van der Waals surface area contributed by atoms with Crippen LogP contribution in [0.25, 0.3) is 0 Å². The fourth-order valence-corrected chi connectivity index (χ4v) is 6.59. The Morgan fingerprint density at radius 3 is 2.70 bits per heavy atom.